The molecule has 0 aliphatic heterocycles. The molecule has 0 bridgehead atoms. The van der Waals surface area contributed by atoms with E-state index in [9.17, 15) is 9.90 Å². The van der Waals surface area contributed by atoms with Crippen molar-refractivity contribution >= 4 is 46.6 Å². The first-order valence-electron chi connectivity index (χ1n) is 10.1. The molecule has 3 aromatic carbocycles. The van der Waals surface area contributed by atoms with Crippen LogP contribution in [0.2, 0.25) is 10.0 Å². The first-order valence-corrected chi connectivity index (χ1v) is 11.9. The molecule has 0 saturated carbocycles. The minimum absolute atomic E-state index is 0.0594. The van der Waals surface area contributed by atoms with Crippen molar-refractivity contribution in [3.8, 4) is 22.8 Å². The van der Waals surface area contributed by atoms with Crippen molar-refractivity contribution in [3.05, 3.63) is 88.4 Å². The number of amides is 1. The number of aromatic hydroxyl groups is 1. The number of hydrogen-bond acceptors (Lipinski definition) is 6. The molecule has 0 aliphatic carbocycles. The summed E-state index contributed by atoms with van der Waals surface area (Å²) in [5.74, 6) is 0.441. The Hall–Kier alpha value is -3.33. The molecule has 0 unspecified atom stereocenters. The number of para-hydroxylation sites is 1. The Morgan fingerprint density at radius 1 is 1.00 bits per heavy atom. The number of nitrogens with one attached hydrogen (secondary N) is 1. The molecule has 1 amide bonds. The first-order chi connectivity index (χ1) is 16.4. The number of hydrogen-bond donors (Lipinski definition) is 2. The molecule has 0 aliphatic rings. The highest BCUT2D eigenvalue weighted by atomic mass is 35.5. The number of rotatable bonds is 7. The van der Waals surface area contributed by atoms with Gasteiger partial charge in [-0.3, -0.25) is 9.36 Å². The maximum Gasteiger partial charge on any atom is 0.250 e. The van der Waals surface area contributed by atoms with E-state index in [2.05, 4.69) is 20.7 Å². The Bertz CT molecular complexity index is 1340. The van der Waals surface area contributed by atoms with Gasteiger partial charge in [-0.15, -0.1) is 10.2 Å². The van der Waals surface area contributed by atoms with Crippen molar-refractivity contribution in [1.29, 1.82) is 0 Å². The summed E-state index contributed by atoms with van der Waals surface area (Å²) in [6, 6.07) is 21.3. The number of phenolic OH excluding ortho intramolecular Hbond substituents is 1. The fourth-order valence-corrected chi connectivity index (χ4v) is 4.12. The van der Waals surface area contributed by atoms with Crippen molar-refractivity contribution < 1.29 is 9.90 Å². The molecule has 4 rings (SSSR count). The van der Waals surface area contributed by atoms with E-state index in [4.69, 9.17) is 23.2 Å². The third-order valence-electron chi connectivity index (χ3n) is 4.80. The van der Waals surface area contributed by atoms with E-state index in [-0.39, 0.29) is 17.4 Å². The number of carbonyl (C=O) groups excluding carboxylic acids is 1. The third-order valence-corrected chi connectivity index (χ3v) is 6.23. The van der Waals surface area contributed by atoms with Crippen LogP contribution in [0.25, 0.3) is 17.1 Å². The van der Waals surface area contributed by atoms with Crippen molar-refractivity contribution in [2.24, 2.45) is 5.10 Å². The molecule has 0 atom stereocenters. The number of hydrazone groups is 1. The van der Waals surface area contributed by atoms with Crippen LogP contribution >= 0.6 is 35.0 Å². The van der Waals surface area contributed by atoms with Gasteiger partial charge in [0, 0.05) is 26.9 Å². The van der Waals surface area contributed by atoms with E-state index < -0.39 is 0 Å². The van der Waals surface area contributed by atoms with Crippen molar-refractivity contribution in [2.75, 3.05) is 5.75 Å². The molecule has 0 saturated heterocycles. The molecule has 7 nitrogen and oxygen atoms in total. The van der Waals surface area contributed by atoms with Crippen LogP contribution in [0.15, 0.2) is 83.1 Å². The van der Waals surface area contributed by atoms with Gasteiger partial charge in [0.1, 0.15) is 5.75 Å². The number of thioether (sulfide) groups is 1. The standard InChI is InChI=1S/C24H19Cl2N5O2S/c1-15(20-4-2-3-5-21(20)32)27-28-22(33)14-34-24-30-29-23(16-6-8-17(25)9-7-16)31(24)19-12-10-18(26)11-13-19/h2-13,32H,14H2,1H3,(H,28,33). The van der Waals surface area contributed by atoms with Gasteiger partial charge in [0.05, 0.1) is 11.5 Å². The van der Waals surface area contributed by atoms with Crippen LogP contribution in [0.3, 0.4) is 0 Å². The van der Waals surface area contributed by atoms with Crippen LogP contribution in [0.5, 0.6) is 5.75 Å². The van der Waals surface area contributed by atoms with Crippen LogP contribution in [0.1, 0.15) is 12.5 Å². The van der Waals surface area contributed by atoms with Gasteiger partial charge in [-0.2, -0.15) is 5.10 Å². The van der Waals surface area contributed by atoms with Crippen LogP contribution in [0.4, 0.5) is 0 Å². The second kappa shape index (κ2) is 10.7. The van der Waals surface area contributed by atoms with Gasteiger partial charge < -0.3 is 5.11 Å². The Kier molecular flexibility index (Phi) is 7.52. The monoisotopic (exact) mass is 511 g/mol. The molecule has 10 heteroatoms. The topological polar surface area (TPSA) is 92.4 Å². The second-order valence-corrected chi connectivity index (χ2v) is 8.98. The number of halogens is 2. The van der Waals surface area contributed by atoms with Gasteiger partial charge in [-0.1, -0.05) is 47.1 Å². The lowest BCUT2D eigenvalue weighted by Gasteiger charge is -2.10. The Balaban J connectivity index is 1.54. The van der Waals surface area contributed by atoms with E-state index in [1.54, 1.807) is 55.5 Å². The zero-order valence-corrected chi connectivity index (χ0v) is 20.3. The van der Waals surface area contributed by atoms with E-state index in [0.717, 1.165) is 11.3 Å². The summed E-state index contributed by atoms with van der Waals surface area (Å²) in [6.07, 6.45) is 0. The third kappa shape index (κ3) is 5.59. The fourth-order valence-electron chi connectivity index (χ4n) is 3.12. The summed E-state index contributed by atoms with van der Waals surface area (Å²) in [5.41, 5.74) is 5.18. The average molecular weight is 512 g/mol. The minimum Gasteiger partial charge on any atom is -0.507 e. The molecule has 0 fully saturated rings. The minimum atomic E-state index is -0.321. The summed E-state index contributed by atoms with van der Waals surface area (Å²) in [6.45, 7) is 1.71. The van der Waals surface area contributed by atoms with Gasteiger partial charge >= 0.3 is 0 Å². The maximum absolute atomic E-state index is 12.5. The van der Waals surface area contributed by atoms with Gasteiger partial charge in [0.25, 0.3) is 5.91 Å². The fraction of sp³-hybridized carbons (Fsp3) is 0.0833. The summed E-state index contributed by atoms with van der Waals surface area (Å²) >= 11 is 13.3. The predicted molar refractivity (Wildman–Crippen MR) is 136 cm³/mol. The quantitative estimate of drug-likeness (QED) is 0.192. The van der Waals surface area contributed by atoms with Gasteiger partial charge in [0.2, 0.25) is 0 Å². The second-order valence-electron chi connectivity index (χ2n) is 7.16. The largest absolute Gasteiger partial charge is 0.507 e. The molecule has 2 N–H and O–H groups in total. The normalized spacial score (nSPS) is 11.4. The lowest BCUT2D eigenvalue weighted by molar-refractivity contribution is -0.118. The Morgan fingerprint density at radius 3 is 2.32 bits per heavy atom. The van der Waals surface area contributed by atoms with Crippen molar-refractivity contribution in [1.82, 2.24) is 20.2 Å². The lowest BCUT2D eigenvalue weighted by Crippen LogP contribution is -2.21. The summed E-state index contributed by atoms with van der Waals surface area (Å²) in [5, 5.41) is 24.4. The van der Waals surface area contributed by atoms with E-state index in [0.29, 0.717) is 32.3 Å². The Labute approximate surface area is 210 Å². The smallest absolute Gasteiger partial charge is 0.250 e. The lowest BCUT2D eigenvalue weighted by atomic mass is 10.1. The molecular formula is C24H19Cl2N5O2S. The highest BCUT2D eigenvalue weighted by Gasteiger charge is 2.17. The number of carbonyl (C=O) groups is 1. The molecule has 0 spiro atoms. The molecule has 4 aromatic rings. The summed E-state index contributed by atoms with van der Waals surface area (Å²) in [4.78, 5) is 12.5. The predicted octanol–water partition coefficient (Wildman–Crippen LogP) is 5.58. The Morgan fingerprint density at radius 2 is 1.65 bits per heavy atom. The molecule has 172 valence electrons. The number of phenols is 1. The SMILES string of the molecule is CC(=NNC(=O)CSc1nnc(-c2ccc(Cl)cc2)n1-c1ccc(Cl)cc1)c1ccccc1O. The van der Waals surface area contributed by atoms with Crippen molar-refractivity contribution in [2.45, 2.75) is 12.1 Å². The molecule has 1 heterocycles. The maximum atomic E-state index is 12.5. The summed E-state index contributed by atoms with van der Waals surface area (Å²) in [7, 11) is 0. The molecular weight excluding hydrogens is 493 g/mol. The van der Waals surface area contributed by atoms with Gasteiger partial charge in [0.15, 0.2) is 11.0 Å². The van der Waals surface area contributed by atoms with E-state index >= 15 is 0 Å². The van der Waals surface area contributed by atoms with Gasteiger partial charge in [-0.25, -0.2) is 5.43 Å². The number of nitrogens with zero attached hydrogens (tertiary/aromatic N) is 4. The molecule has 0 radical (unpaired) electrons. The van der Waals surface area contributed by atoms with Crippen LogP contribution in [0, 0.1) is 0 Å². The number of aromatic nitrogens is 3. The highest BCUT2D eigenvalue weighted by Crippen LogP contribution is 2.29. The van der Waals surface area contributed by atoms with E-state index in [1.165, 1.54) is 11.8 Å². The first kappa shape index (κ1) is 23.8. The number of benzene rings is 3. The average Bonchev–Trinajstić information content (AvgIpc) is 3.26. The molecule has 34 heavy (non-hydrogen) atoms. The zero-order chi connectivity index (χ0) is 24.1. The van der Waals surface area contributed by atoms with Crippen LogP contribution in [-0.4, -0.2) is 37.2 Å². The highest BCUT2D eigenvalue weighted by molar-refractivity contribution is 7.99. The van der Waals surface area contributed by atoms with Crippen molar-refractivity contribution in [3.63, 3.8) is 0 Å². The molecule has 1 aromatic heterocycles. The van der Waals surface area contributed by atoms with Crippen LogP contribution < -0.4 is 5.43 Å². The summed E-state index contributed by atoms with van der Waals surface area (Å²) < 4.78 is 1.86. The van der Waals surface area contributed by atoms with E-state index in [1.807, 2.05) is 28.8 Å². The zero-order valence-electron chi connectivity index (χ0n) is 17.9. The van der Waals surface area contributed by atoms with Gasteiger partial charge in [-0.05, 0) is 67.6 Å². The van der Waals surface area contributed by atoms with Crippen LogP contribution in [-0.2, 0) is 4.79 Å².